The van der Waals surface area contributed by atoms with Gasteiger partial charge in [0, 0.05) is 6.04 Å². The highest BCUT2D eigenvalue weighted by Crippen LogP contribution is 2.35. The Morgan fingerprint density at radius 3 is 2.33 bits per heavy atom. The molecule has 3 nitrogen and oxygen atoms in total. The molecule has 6 heteroatoms. The standard InChI is InChI=1S/C15H26F3N3/c1-4-7-20-14(3,11-19)10-12(2)21-8-5-13(6-9-21)15(16,17)18/h12-13,20H,4-10H2,1-3H3. The van der Waals surface area contributed by atoms with Crippen molar-refractivity contribution in [2.45, 2.75) is 64.2 Å². The molecule has 1 aliphatic rings. The molecule has 0 radical (unpaired) electrons. The van der Waals surface area contributed by atoms with Crippen LogP contribution in [0.5, 0.6) is 0 Å². The zero-order chi connectivity index (χ0) is 16.1. The molecule has 1 saturated heterocycles. The first-order valence-electron chi connectivity index (χ1n) is 7.69. The van der Waals surface area contributed by atoms with Crippen molar-refractivity contribution < 1.29 is 13.2 Å². The van der Waals surface area contributed by atoms with Crippen LogP contribution < -0.4 is 5.32 Å². The molecule has 0 aromatic rings. The second-order valence-corrected chi connectivity index (χ2v) is 6.28. The fraction of sp³-hybridized carbons (Fsp3) is 0.933. The highest BCUT2D eigenvalue weighted by Gasteiger charge is 2.42. The molecular formula is C15H26F3N3. The largest absolute Gasteiger partial charge is 0.391 e. The van der Waals surface area contributed by atoms with Gasteiger partial charge in [0.05, 0.1) is 12.0 Å². The van der Waals surface area contributed by atoms with Crippen molar-refractivity contribution >= 4 is 0 Å². The first kappa shape index (κ1) is 18.2. The van der Waals surface area contributed by atoms with E-state index in [9.17, 15) is 18.4 Å². The highest BCUT2D eigenvalue weighted by molar-refractivity contribution is 5.05. The normalized spacial score (nSPS) is 22.5. The molecule has 1 heterocycles. The average Bonchev–Trinajstić information content (AvgIpc) is 2.44. The number of alkyl halides is 3. The van der Waals surface area contributed by atoms with Gasteiger partial charge in [-0.05, 0) is 59.2 Å². The lowest BCUT2D eigenvalue weighted by molar-refractivity contribution is -0.186. The maximum Gasteiger partial charge on any atom is 0.391 e. The van der Waals surface area contributed by atoms with Crippen LogP contribution in [0.3, 0.4) is 0 Å². The summed E-state index contributed by atoms with van der Waals surface area (Å²) < 4.78 is 38.0. The Balaban J connectivity index is 2.50. The summed E-state index contributed by atoms with van der Waals surface area (Å²) in [6.07, 6.45) is -2.17. The molecule has 0 bridgehead atoms. The van der Waals surface area contributed by atoms with Crippen LogP contribution in [0.2, 0.25) is 0 Å². The third kappa shape index (κ3) is 5.48. The Kier molecular flexibility index (Phi) is 6.48. The van der Waals surface area contributed by atoms with Gasteiger partial charge in [0.15, 0.2) is 0 Å². The van der Waals surface area contributed by atoms with E-state index in [1.165, 1.54) is 0 Å². The summed E-state index contributed by atoms with van der Waals surface area (Å²) in [7, 11) is 0. The second-order valence-electron chi connectivity index (χ2n) is 6.28. The van der Waals surface area contributed by atoms with Gasteiger partial charge in [0.1, 0.15) is 5.54 Å². The van der Waals surface area contributed by atoms with Gasteiger partial charge in [-0.3, -0.25) is 5.32 Å². The molecule has 0 aliphatic carbocycles. The van der Waals surface area contributed by atoms with E-state index < -0.39 is 17.6 Å². The second kappa shape index (κ2) is 7.46. The van der Waals surface area contributed by atoms with Crippen LogP contribution in [0.25, 0.3) is 0 Å². The molecule has 21 heavy (non-hydrogen) atoms. The minimum Gasteiger partial charge on any atom is -0.301 e. The lowest BCUT2D eigenvalue weighted by atomic mass is 9.91. The van der Waals surface area contributed by atoms with Gasteiger partial charge in [-0.2, -0.15) is 18.4 Å². The lowest BCUT2D eigenvalue weighted by Gasteiger charge is -2.39. The number of hydrogen-bond donors (Lipinski definition) is 1. The van der Waals surface area contributed by atoms with Gasteiger partial charge in [0.25, 0.3) is 0 Å². The molecule has 0 saturated carbocycles. The van der Waals surface area contributed by atoms with E-state index in [0.717, 1.165) is 13.0 Å². The van der Waals surface area contributed by atoms with Crippen LogP contribution in [0.1, 0.15) is 46.5 Å². The van der Waals surface area contributed by atoms with Crippen molar-refractivity contribution in [3.63, 3.8) is 0 Å². The first-order valence-corrected chi connectivity index (χ1v) is 7.69. The molecule has 1 aliphatic heterocycles. The Morgan fingerprint density at radius 1 is 1.33 bits per heavy atom. The zero-order valence-corrected chi connectivity index (χ0v) is 13.1. The smallest absolute Gasteiger partial charge is 0.301 e. The topological polar surface area (TPSA) is 39.1 Å². The van der Waals surface area contributed by atoms with Crippen LogP contribution in [0, 0.1) is 17.2 Å². The number of nitriles is 1. The molecule has 2 unspecified atom stereocenters. The van der Waals surface area contributed by atoms with E-state index >= 15 is 0 Å². The van der Waals surface area contributed by atoms with Gasteiger partial charge in [0.2, 0.25) is 0 Å². The summed E-state index contributed by atoms with van der Waals surface area (Å²) in [6, 6.07) is 2.40. The number of hydrogen-bond acceptors (Lipinski definition) is 3. The van der Waals surface area contributed by atoms with Crippen LogP contribution in [-0.4, -0.2) is 42.3 Å². The van der Waals surface area contributed by atoms with Gasteiger partial charge in [-0.25, -0.2) is 0 Å². The summed E-state index contributed by atoms with van der Waals surface area (Å²) in [6.45, 7) is 7.59. The maximum atomic E-state index is 12.7. The number of likely N-dealkylation sites (tertiary alicyclic amines) is 1. The summed E-state index contributed by atoms with van der Waals surface area (Å²) in [4.78, 5) is 2.07. The summed E-state index contributed by atoms with van der Waals surface area (Å²) in [5, 5.41) is 12.6. The lowest BCUT2D eigenvalue weighted by Crippen LogP contribution is -2.49. The molecule has 122 valence electrons. The van der Waals surface area contributed by atoms with Crippen LogP contribution >= 0.6 is 0 Å². The quantitative estimate of drug-likeness (QED) is 0.818. The SMILES string of the molecule is CCCNC(C)(C#N)CC(C)N1CCC(C(F)(F)F)CC1. The molecule has 1 N–H and O–H groups in total. The average molecular weight is 305 g/mol. The minimum absolute atomic E-state index is 0.105. The molecule has 1 fully saturated rings. The van der Waals surface area contributed by atoms with Crippen molar-refractivity contribution in [3.05, 3.63) is 0 Å². The summed E-state index contributed by atoms with van der Waals surface area (Å²) in [5.74, 6) is -1.17. The van der Waals surface area contributed by atoms with E-state index in [0.29, 0.717) is 19.5 Å². The molecule has 2 atom stereocenters. The van der Waals surface area contributed by atoms with E-state index in [1.807, 2.05) is 20.8 Å². The number of halogens is 3. The van der Waals surface area contributed by atoms with Crippen molar-refractivity contribution in [2.75, 3.05) is 19.6 Å². The Bertz CT molecular complexity index is 356. The number of nitrogens with zero attached hydrogens (tertiary/aromatic N) is 2. The third-order valence-corrected chi connectivity index (χ3v) is 4.33. The van der Waals surface area contributed by atoms with E-state index in [-0.39, 0.29) is 18.9 Å². The van der Waals surface area contributed by atoms with Crippen LogP contribution in [0.4, 0.5) is 13.2 Å². The van der Waals surface area contributed by atoms with Crippen molar-refractivity contribution in [1.82, 2.24) is 10.2 Å². The van der Waals surface area contributed by atoms with Gasteiger partial charge in [-0.1, -0.05) is 6.92 Å². The van der Waals surface area contributed by atoms with Gasteiger partial charge >= 0.3 is 6.18 Å². The van der Waals surface area contributed by atoms with Crippen molar-refractivity contribution in [3.8, 4) is 6.07 Å². The summed E-state index contributed by atoms with van der Waals surface area (Å²) in [5.41, 5.74) is -0.615. The minimum atomic E-state index is -4.07. The molecular weight excluding hydrogens is 279 g/mol. The number of piperidine rings is 1. The fourth-order valence-corrected chi connectivity index (χ4v) is 2.95. The molecule has 0 amide bonds. The molecule has 1 rings (SSSR count). The zero-order valence-electron chi connectivity index (χ0n) is 13.1. The molecule has 0 aromatic carbocycles. The summed E-state index contributed by atoms with van der Waals surface area (Å²) >= 11 is 0. The van der Waals surface area contributed by atoms with Gasteiger partial charge in [-0.15, -0.1) is 0 Å². The maximum absolute atomic E-state index is 12.7. The predicted octanol–water partition coefficient (Wildman–Crippen LogP) is 3.32. The third-order valence-electron chi connectivity index (χ3n) is 4.33. The molecule has 0 spiro atoms. The predicted molar refractivity (Wildman–Crippen MR) is 76.7 cm³/mol. The number of nitrogens with one attached hydrogen (secondary N) is 1. The fourth-order valence-electron chi connectivity index (χ4n) is 2.95. The van der Waals surface area contributed by atoms with E-state index in [1.54, 1.807) is 0 Å². The Hall–Kier alpha value is -0.800. The Labute approximate surface area is 125 Å². The van der Waals surface area contributed by atoms with E-state index in [4.69, 9.17) is 0 Å². The monoisotopic (exact) mass is 305 g/mol. The van der Waals surface area contributed by atoms with E-state index in [2.05, 4.69) is 16.3 Å². The van der Waals surface area contributed by atoms with Crippen LogP contribution in [-0.2, 0) is 0 Å². The van der Waals surface area contributed by atoms with Crippen molar-refractivity contribution in [1.29, 1.82) is 5.26 Å². The Morgan fingerprint density at radius 2 is 1.90 bits per heavy atom. The van der Waals surface area contributed by atoms with Crippen molar-refractivity contribution in [2.24, 2.45) is 5.92 Å². The highest BCUT2D eigenvalue weighted by atomic mass is 19.4. The van der Waals surface area contributed by atoms with Crippen LogP contribution in [0.15, 0.2) is 0 Å². The van der Waals surface area contributed by atoms with Gasteiger partial charge < -0.3 is 4.90 Å². The number of rotatable bonds is 6. The molecule has 0 aromatic heterocycles. The first-order chi connectivity index (χ1) is 9.72.